The molecule has 0 aliphatic heterocycles. The van der Waals surface area contributed by atoms with Crippen LogP contribution in [0, 0.1) is 30.2 Å². The van der Waals surface area contributed by atoms with Crippen LogP contribution in [0.5, 0.6) is 5.75 Å². The van der Waals surface area contributed by atoms with E-state index in [0.717, 1.165) is 0 Å². The first-order valence-corrected chi connectivity index (χ1v) is 5.62. The minimum Gasteiger partial charge on any atom is -0.506 e. The van der Waals surface area contributed by atoms with Gasteiger partial charge < -0.3 is 10.4 Å². The van der Waals surface area contributed by atoms with Crippen molar-refractivity contribution in [3.63, 3.8) is 0 Å². The van der Waals surface area contributed by atoms with Crippen LogP contribution in [0.25, 0.3) is 0 Å². The maximum atomic E-state index is 13.4. The zero-order chi connectivity index (χ0) is 14.9. The number of aromatic nitrogens is 1. The van der Waals surface area contributed by atoms with Crippen LogP contribution in [0.2, 0.25) is 0 Å². The number of anilines is 1. The van der Waals surface area contributed by atoms with E-state index in [1.165, 1.54) is 6.07 Å². The van der Waals surface area contributed by atoms with Crippen molar-refractivity contribution in [2.24, 2.45) is 0 Å². The van der Waals surface area contributed by atoms with Crippen LogP contribution in [0.3, 0.4) is 0 Å². The molecule has 0 amide bonds. The Balaban J connectivity index is 2.30. The van der Waals surface area contributed by atoms with E-state index in [0.29, 0.717) is 5.69 Å². The first-order chi connectivity index (χ1) is 9.40. The van der Waals surface area contributed by atoms with Crippen LogP contribution >= 0.6 is 0 Å². The second-order valence-corrected chi connectivity index (χ2v) is 4.12. The number of nitrogens with zero attached hydrogens (tertiary/aromatic N) is 1. The molecule has 1 aromatic heterocycles. The molecule has 7 heteroatoms. The van der Waals surface area contributed by atoms with Crippen LogP contribution < -0.4 is 5.32 Å². The Kier molecular flexibility index (Phi) is 3.78. The van der Waals surface area contributed by atoms with Gasteiger partial charge in [-0.2, -0.15) is 0 Å². The highest BCUT2D eigenvalue weighted by atomic mass is 19.2. The molecule has 1 aromatic carbocycles. The van der Waals surface area contributed by atoms with Gasteiger partial charge in [-0.3, -0.25) is 4.98 Å². The Bertz CT molecular complexity index is 635. The molecule has 0 saturated heterocycles. The summed E-state index contributed by atoms with van der Waals surface area (Å²) in [5.41, 5.74) is -0.260. The van der Waals surface area contributed by atoms with Crippen molar-refractivity contribution in [2.45, 2.75) is 13.5 Å². The number of halogens is 4. The third kappa shape index (κ3) is 2.66. The average molecular weight is 286 g/mol. The SMILES string of the molecule is Cc1ccc(O)c(CNc2c(F)c(F)cc(F)c2F)n1. The summed E-state index contributed by atoms with van der Waals surface area (Å²) in [6.07, 6.45) is 0. The Morgan fingerprint density at radius 1 is 1.10 bits per heavy atom. The molecule has 0 atom stereocenters. The van der Waals surface area contributed by atoms with Crippen molar-refractivity contribution >= 4 is 5.69 Å². The van der Waals surface area contributed by atoms with Gasteiger partial charge in [0.05, 0.1) is 6.54 Å². The molecule has 0 spiro atoms. The summed E-state index contributed by atoms with van der Waals surface area (Å²) >= 11 is 0. The number of aryl methyl sites for hydroxylation is 1. The molecule has 0 radical (unpaired) electrons. The third-order valence-corrected chi connectivity index (χ3v) is 2.63. The summed E-state index contributed by atoms with van der Waals surface area (Å²) in [4.78, 5) is 3.95. The lowest BCUT2D eigenvalue weighted by Gasteiger charge is -2.11. The lowest BCUT2D eigenvalue weighted by molar-refractivity contribution is 0.456. The molecular formula is C13H10F4N2O. The van der Waals surface area contributed by atoms with Crippen LogP contribution in [0.15, 0.2) is 18.2 Å². The van der Waals surface area contributed by atoms with Gasteiger partial charge in [0.15, 0.2) is 23.3 Å². The second kappa shape index (κ2) is 5.36. The molecule has 2 rings (SSSR count). The zero-order valence-electron chi connectivity index (χ0n) is 10.3. The van der Waals surface area contributed by atoms with Gasteiger partial charge in [0.1, 0.15) is 17.1 Å². The molecular weight excluding hydrogens is 276 g/mol. The molecule has 0 aliphatic carbocycles. The van der Waals surface area contributed by atoms with Gasteiger partial charge in [0.25, 0.3) is 0 Å². The van der Waals surface area contributed by atoms with Crippen LogP contribution in [-0.2, 0) is 6.54 Å². The van der Waals surface area contributed by atoms with Gasteiger partial charge in [-0.15, -0.1) is 0 Å². The standard InChI is InChI=1S/C13H10F4N2O/c1-6-2-3-10(20)9(19-6)5-18-13-11(16)7(14)4-8(15)12(13)17/h2-4,18,20H,5H2,1H3. The van der Waals surface area contributed by atoms with Crippen molar-refractivity contribution in [2.75, 3.05) is 5.32 Å². The first kappa shape index (κ1) is 14.1. The minimum absolute atomic E-state index is 0.105. The molecule has 0 saturated carbocycles. The van der Waals surface area contributed by atoms with Crippen molar-refractivity contribution in [1.82, 2.24) is 4.98 Å². The molecule has 0 aliphatic rings. The van der Waals surface area contributed by atoms with Crippen LogP contribution in [0.4, 0.5) is 23.2 Å². The summed E-state index contributed by atoms with van der Waals surface area (Å²) in [5, 5.41) is 11.7. The van der Waals surface area contributed by atoms with Crippen molar-refractivity contribution in [3.8, 4) is 5.75 Å². The number of aromatic hydroxyl groups is 1. The Morgan fingerprint density at radius 3 is 2.30 bits per heavy atom. The molecule has 0 fully saturated rings. The van der Waals surface area contributed by atoms with E-state index in [1.807, 2.05) is 0 Å². The molecule has 1 heterocycles. The molecule has 2 N–H and O–H groups in total. The van der Waals surface area contributed by atoms with Gasteiger partial charge in [-0.1, -0.05) is 0 Å². The van der Waals surface area contributed by atoms with Crippen molar-refractivity contribution in [1.29, 1.82) is 0 Å². The largest absolute Gasteiger partial charge is 0.506 e. The Morgan fingerprint density at radius 2 is 1.70 bits per heavy atom. The fraction of sp³-hybridized carbons (Fsp3) is 0.154. The molecule has 106 valence electrons. The molecule has 0 bridgehead atoms. The summed E-state index contributed by atoms with van der Waals surface area (Å²) in [6.45, 7) is 1.37. The number of hydrogen-bond donors (Lipinski definition) is 2. The summed E-state index contributed by atoms with van der Waals surface area (Å²) in [6, 6.07) is 3.03. The zero-order valence-corrected chi connectivity index (χ0v) is 10.3. The average Bonchev–Trinajstić information content (AvgIpc) is 2.40. The molecule has 3 nitrogen and oxygen atoms in total. The first-order valence-electron chi connectivity index (χ1n) is 5.62. The fourth-order valence-corrected chi connectivity index (χ4v) is 1.63. The van der Waals surface area contributed by atoms with Gasteiger partial charge in [0, 0.05) is 11.8 Å². The number of pyridine rings is 1. The molecule has 2 aromatic rings. The number of rotatable bonds is 3. The lowest BCUT2D eigenvalue weighted by atomic mass is 10.2. The smallest absolute Gasteiger partial charge is 0.185 e. The maximum absolute atomic E-state index is 13.4. The van der Waals surface area contributed by atoms with E-state index < -0.39 is 29.0 Å². The minimum atomic E-state index is -1.53. The van der Waals surface area contributed by atoms with E-state index in [4.69, 9.17) is 0 Å². The molecule has 0 unspecified atom stereocenters. The number of hydrogen-bond acceptors (Lipinski definition) is 3. The van der Waals surface area contributed by atoms with Crippen LogP contribution in [0.1, 0.15) is 11.4 Å². The van der Waals surface area contributed by atoms with E-state index in [9.17, 15) is 22.7 Å². The third-order valence-electron chi connectivity index (χ3n) is 2.63. The highest BCUT2D eigenvalue weighted by Gasteiger charge is 2.19. The van der Waals surface area contributed by atoms with E-state index >= 15 is 0 Å². The fourth-order valence-electron chi connectivity index (χ4n) is 1.63. The van der Waals surface area contributed by atoms with Crippen molar-refractivity contribution in [3.05, 3.63) is 52.9 Å². The maximum Gasteiger partial charge on any atom is 0.185 e. The predicted molar refractivity (Wildman–Crippen MR) is 64.2 cm³/mol. The number of benzene rings is 1. The second-order valence-electron chi connectivity index (χ2n) is 4.12. The molecule has 20 heavy (non-hydrogen) atoms. The van der Waals surface area contributed by atoms with Gasteiger partial charge in [0.2, 0.25) is 0 Å². The summed E-state index contributed by atoms with van der Waals surface area (Å²) in [5.74, 6) is -6.27. The van der Waals surface area contributed by atoms with Gasteiger partial charge in [-0.25, -0.2) is 17.6 Å². The number of nitrogens with one attached hydrogen (secondary N) is 1. The quantitative estimate of drug-likeness (QED) is 0.672. The van der Waals surface area contributed by atoms with E-state index in [-0.39, 0.29) is 24.1 Å². The predicted octanol–water partition coefficient (Wildman–Crippen LogP) is 3.26. The van der Waals surface area contributed by atoms with E-state index in [2.05, 4.69) is 10.3 Å². The topological polar surface area (TPSA) is 45.1 Å². The highest BCUT2D eigenvalue weighted by Crippen LogP contribution is 2.25. The summed E-state index contributed by atoms with van der Waals surface area (Å²) in [7, 11) is 0. The Labute approximate surface area is 111 Å². The van der Waals surface area contributed by atoms with E-state index in [1.54, 1.807) is 13.0 Å². The van der Waals surface area contributed by atoms with Crippen molar-refractivity contribution < 1.29 is 22.7 Å². The normalized spacial score (nSPS) is 10.7. The summed E-state index contributed by atoms with van der Waals surface area (Å²) < 4.78 is 52.8. The monoisotopic (exact) mass is 286 g/mol. The van der Waals surface area contributed by atoms with Crippen LogP contribution in [-0.4, -0.2) is 10.1 Å². The van der Waals surface area contributed by atoms with Gasteiger partial charge in [-0.05, 0) is 19.1 Å². The Hall–Kier alpha value is -2.31. The highest BCUT2D eigenvalue weighted by molar-refractivity contribution is 5.48. The lowest BCUT2D eigenvalue weighted by Crippen LogP contribution is -2.08. The van der Waals surface area contributed by atoms with Gasteiger partial charge >= 0.3 is 0 Å².